The van der Waals surface area contributed by atoms with Gasteiger partial charge in [-0.3, -0.25) is 28.8 Å². The van der Waals surface area contributed by atoms with Gasteiger partial charge in [-0.1, -0.05) is 54.6 Å². The standard InChI is InChI=1S/C36H42ClN5O8/c37-21-31(44)39-27(8-5-10-32(45)46)36(50)42-17-4-3-9-30(42)35(49)41-29(20-23-11-14-24-6-1-2-7-25(24)18-23)34(48)40-28(33(38)47)19-22-12-15-26(43)16-13-22/h1-2,6-7,11-16,18,27-30,43H,3-5,8-10,17,19-21H2,(H2,38,47)(H,39,44)(H,40,48)(H,41,49)(H,45,46)/t27-,28-,29?,30-/m0/s1. The van der Waals surface area contributed by atoms with Crippen molar-refractivity contribution >= 4 is 57.9 Å². The summed E-state index contributed by atoms with van der Waals surface area (Å²) in [6.07, 6.45) is 1.53. The number of primary amides is 1. The van der Waals surface area contributed by atoms with E-state index in [9.17, 15) is 33.9 Å². The van der Waals surface area contributed by atoms with E-state index in [-0.39, 0.29) is 50.8 Å². The van der Waals surface area contributed by atoms with Gasteiger partial charge in [-0.2, -0.15) is 0 Å². The highest BCUT2D eigenvalue weighted by molar-refractivity contribution is 6.27. The summed E-state index contributed by atoms with van der Waals surface area (Å²) in [6, 6.07) is 15.0. The maximum Gasteiger partial charge on any atom is 0.303 e. The van der Waals surface area contributed by atoms with Gasteiger partial charge >= 0.3 is 5.97 Å². The number of hydrogen-bond donors (Lipinski definition) is 6. The molecule has 1 unspecified atom stereocenters. The van der Waals surface area contributed by atoms with Crippen molar-refractivity contribution in [3.8, 4) is 5.75 Å². The molecule has 14 heteroatoms. The number of halogens is 1. The summed E-state index contributed by atoms with van der Waals surface area (Å²) in [6.45, 7) is 0.209. The first-order valence-corrected chi connectivity index (χ1v) is 17.0. The van der Waals surface area contributed by atoms with E-state index in [4.69, 9.17) is 22.4 Å². The Morgan fingerprint density at radius 2 is 1.52 bits per heavy atom. The lowest BCUT2D eigenvalue weighted by atomic mass is 9.97. The van der Waals surface area contributed by atoms with Gasteiger partial charge in [-0.25, -0.2) is 0 Å². The number of rotatable bonds is 16. The van der Waals surface area contributed by atoms with Crippen LogP contribution in [0.15, 0.2) is 66.7 Å². The number of phenols is 1. The highest BCUT2D eigenvalue weighted by atomic mass is 35.5. The lowest BCUT2D eigenvalue weighted by Gasteiger charge is -2.37. The van der Waals surface area contributed by atoms with Crippen LogP contribution in [-0.4, -0.2) is 87.2 Å². The second-order valence-electron chi connectivity index (χ2n) is 12.4. The molecule has 0 radical (unpaired) electrons. The van der Waals surface area contributed by atoms with Crippen molar-refractivity contribution in [3.63, 3.8) is 0 Å². The van der Waals surface area contributed by atoms with Gasteiger partial charge in [-0.15, -0.1) is 11.6 Å². The summed E-state index contributed by atoms with van der Waals surface area (Å²) in [5.41, 5.74) is 7.04. The molecule has 4 atom stereocenters. The molecule has 266 valence electrons. The van der Waals surface area contributed by atoms with Crippen LogP contribution in [0.25, 0.3) is 10.8 Å². The topological polar surface area (TPSA) is 208 Å². The Hall–Kier alpha value is -5.17. The molecule has 1 aliphatic heterocycles. The van der Waals surface area contributed by atoms with Crippen molar-refractivity contribution in [1.82, 2.24) is 20.9 Å². The maximum absolute atomic E-state index is 14.0. The lowest BCUT2D eigenvalue weighted by Crippen LogP contribution is -2.60. The molecule has 1 saturated heterocycles. The molecular formula is C36H42ClN5O8. The quantitative estimate of drug-likeness (QED) is 0.121. The highest BCUT2D eigenvalue weighted by Crippen LogP contribution is 2.21. The maximum atomic E-state index is 14.0. The Labute approximate surface area is 294 Å². The van der Waals surface area contributed by atoms with Crippen LogP contribution in [0.4, 0.5) is 0 Å². The van der Waals surface area contributed by atoms with Gasteiger partial charge in [0.2, 0.25) is 29.5 Å². The molecule has 50 heavy (non-hydrogen) atoms. The number of nitrogens with zero attached hydrogens (tertiary/aromatic N) is 1. The first-order chi connectivity index (χ1) is 23.9. The molecule has 0 aliphatic carbocycles. The zero-order valence-electron chi connectivity index (χ0n) is 27.5. The first kappa shape index (κ1) is 37.6. The van der Waals surface area contributed by atoms with Gasteiger partial charge in [0.1, 0.15) is 35.8 Å². The van der Waals surface area contributed by atoms with Crippen molar-refractivity contribution in [2.75, 3.05) is 12.4 Å². The van der Waals surface area contributed by atoms with Crippen LogP contribution >= 0.6 is 11.6 Å². The Bertz CT molecular complexity index is 1700. The van der Waals surface area contributed by atoms with Crippen molar-refractivity contribution in [1.29, 1.82) is 0 Å². The largest absolute Gasteiger partial charge is 0.508 e. The molecule has 5 amide bonds. The normalized spacial score (nSPS) is 16.1. The van der Waals surface area contributed by atoms with E-state index < -0.39 is 65.6 Å². The highest BCUT2D eigenvalue weighted by Gasteiger charge is 2.37. The number of carboxylic acids is 1. The SMILES string of the molecule is NC(=O)[C@H](Cc1ccc(O)cc1)NC(=O)C(Cc1ccc2ccccc2c1)NC(=O)[C@@H]1CCCCN1C(=O)[C@H](CCCC(=O)O)NC(=O)CCl. The van der Waals surface area contributed by atoms with Crippen LogP contribution < -0.4 is 21.7 Å². The van der Waals surface area contributed by atoms with Gasteiger partial charge in [0.15, 0.2) is 0 Å². The van der Waals surface area contributed by atoms with Crippen molar-refractivity contribution < 1.29 is 39.0 Å². The van der Waals surface area contributed by atoms with E-state index in [1.807, 2.05) is 42.5 Å². The zero-order valence-corrected chi connectivity index (χ0v) is 28.2. The van der Waals surface area contributed by atoms with E-state index in [0.29, 0.717) is 18.4 Å². The van der Waals surface area contributed by atoms with Gasteiger partial charge < -0.3 is 36.8 Å². The minimum absolute atomic E-state index is 0.0289. The number of phenolic OH excluding ortho intramolecular Hbond substituents is 1. The fraction of sp³-hybridized carbons (Fsp3) is 0.389. The third kappa shape index (κ3) is 10.7. The first-order valence-electron chi connectivity index (χ1n) is 16.5. The molecule has 0 saturated carbocycles. The van der Waals surface area contributed by atoms with Crippen LogP contribution in [0.3, 0.4) is 0 Å². The number of piperidine rings is 1. The number of aliphatic carboxylic acids is 1. The summed E-state index contributed by atoms with van der Waals surface area (Å²) in [7, 11) is 0. The van der Waals surface area contributed by atoms with E-state index in [1.54, 1.807) is 12.1 Å². The van der Waals surface area contributed by atoms with Gasteiger partial charge in [0.05, 0.1) is 0 Å². The van der Waals surface area contributed by atoms with E-state index >= 15 is 0 Å². The predicted octanol–water partition coefficient (Wildman–Crippen LogP) is 2.15. The summed E-state index contributed by atoms with van der Waals surface area (Å²) < 4.78 is 0. The minimum Gasteiger partial charge on any atom is -0.508 e. The average molecular weight is 708 g/mol. The number of nitrogens with one attached hydrogen (secondary N) is 3. The van der Waals surface area contributed by atoms with Crippen LogP contribution in [0, 0.1) is 0 Å². The number of amides is 5. The number of benzene rings is 3. The van der Waals surface area contributed by atoms with Crippen LogP contribution in [-0.2, 0) is 41.6 Å². The van der Waals surface area contributed by atoms with Crippen molar-refractivity contribution in [2.45, 2.75) is 75.5 Å². The van der Waals surface area contributed by atoms with Crippen LogP contribution in [0.2, 0.25) is 0 Å². The summed E-state index contributed by atoms with van der Waals surface area (Å²) in [5, 5.41) is 28.7. The number of likely N-dealkylation sites (tertiary alicyclic amines) is 1. The molecule has 4 rings (SSSR count). The number of hydrogen-bond acceptors (Lipinski definition) is 7. The number of carboxylic acid groups (broad SMARTS) is 1. The Morgan fingerprint density at radius 3 is 2.20 bits per heavy atom. The number of carbonyl (C=O) groups excluding carboxylic acids is 5. The van der Waals surface area contributed by atoms with Crippen LogP contribution in [0.5, 0.6) is 5.75 Å². The molecule has 0 aromatic heterocycles. The zero-order chi connectivity index (χ0) is 36.2. The summed E-state index contributed by atoms with van der Waals surface area (Å²) in [5.74, 6) is -4.63. The third-order valence-electron chi connectivity index (χ3n) is 8.65. The van der Waals surface area contributed by atoms with Crippen molar-refractivity contribution in [2.24, 2.45) is 5.73 Å². The predicted molar refractivity (Wildman–Crippen MR) is 186 cm³/mol. The number of aromatic hydroxyl groups is 1. The summed E-state index contributed by atoms with van der Waals surface area (Å²) in [4.78, 5) is 78.7. The Kier molecular flexibility index (Phi) is 13.6. The fourth-order valence-corrected chi connectivity index (χ4v) is 6.13. The molecule has 3 aromatic carbocycles. The van der Waals surface area contributed by atoms with E-state index in [1.165, 1.54) is 17.0 Å². The molecule has 0 spiro atoms. The van der Waals surface area contributed by atoms with E-state index in [0.717, 1.165) is 16.3 Å². The molecule has 3 aromatic rings. The van der Waals surface area contributed by atoms with Gasteiger partial charge in [0.25, 0.3) is 0 Å². The molecule has 1 aliphatic rings. The minimum atomic E-state index is -1.17. The molecule has 7 N–H and O–H groups in total. The smallest absolute Gasteiger partial charge is 0.303 e. The number of nitrogens with two attached hydrogens (primary N) is 1. The van der Waals surface area contributed by atoms with Gasteiger partial charge in [-0.05, 0) is 66.1 Å². The third-order valence-corrected chi connectivity index (χ3v) is 8.89. The summed E-state index contributed by atoms with van der Waals surface area (Å²) >= 11 is 5.67. The van der Waals surface area contributed by atoms with Gasteiger partial charge in [0, 0.05) is 25.8 Å². The number of fused-ring (bicyclic) bond motifs is 1. The second kappa shape index (κ2) is 18.0. The molecule has 13 nitrogen and oxygen atoms in total. The number of carbonyl (C=O) groups is 6. The van der Waals surface area contributed by atoms with E-state index in [2.05, 4.69) is 16.0 Å². The second-order valence-corrected chi connectivity index (χ2v) is 12.6. The molecular weight excluding hydrogens is 666 g/mol. The van der Waals surface area contributed by atoms with Crippen LogP contribution in [0.1, 0.15) is 49.7 Å². The molecule has 1 fully saturated rings. The average Bonchev–Trinajstić information content (AvgIpc) is 3.10. The Morgan fingerprint density at radius 1 is 0.840 bits per heavy atom. The molecule has 1 heterocycles. The molecule has 0 bridgehead atoms. The van der Waals surface area contributed by atoms with Crippen molar-refractivity contribution in [3.05, 3.63) is 77.9 Å². The monoisotopic (exact) mass is 707 g/mol. The Balaban J connectivity index is 1.58. The lowest BCUT2D eigenvalue weighted by molar-refractivity contribution is -0.146. The fourth-order valence-electron chi connectivity index (χ4n) is 6.06. The number of alkyl halides is 1.